The molecule has 2 aliphatic rings. The van der Waals surface area contributed by atoms with Gasteiger partial charge in [0.25, 0.3) is 5.91 Å². The van der Waals surface area contributed by atoms with Crippen LogP contribution in [0.3, 0.4) is 0 Å². The molecule has 0 saturated carbocycles. The Morgan fingerprint density at radius 1 is 1.26 bits per heavy atom. The van der Waals surface area contributed by atoms with Gasteiger partial charge in [-0.05, 0) is 6.07 Å². The predicted octanol–water partition coefficient (Wildman–Crippen LogP) is 1.78. The first-order valence-corrected chi connectivity index (χ1v) is 7.91. The van der Waals surface area contributed by atoms with Crippen molar-refractivity contribution in [3.05, 3.63) is 20.3 Å². The molecule has 3 rings (SSSR count). The van der Waals surface area contributed by atoms with Crippen molar-refractivity contribution in [3.8, 4) is 0 Å². The molecular weight excluding hydrogens is 305 g/mol. The van der Waals surface area contributed by atoms with Crippen molar-refractivity contribution < 1.29 is 4.79 Å². The zero-order chi connectivity index (χ0) is 13.4. The Morgan fingerprint density at radius 3 is 2.42 bits per heavy atom. The zero-order valence-electron chi connectivity index (χ0n) is 10.4. The summed E-state index contributed by atoms with van der Waals surface area (Å²) in [6.45, 7) is 5.54. The van der Waals surface area contributed by atoms with Crippen LogP contribution in [0.25, 0.3) is 0 Å². The molecule has 7 heteroatoms. The molecule has 0 spiro atoms. The maximum atomic E-state index is 12.4. The smallest absolute Gasteiger partial charge is 0.256 e. The maximum absolute atomic E-state index is 12.4. The highest BCUT2D eigenvalue weighted by Crippen LogP contribution is 2.32. The van der Waals surface area contributed by atoms with Gasteiger partial charge in [0, 0.05) is 45.3 Å². The highest BCUT2D eigenvalue weighted by Gasteiger charge is 2.30. The summed E-state index contributed by atoms with van der Waals surface area (Å²) in [5, 5.41) is 3.28. The van der Waals surface area contributed by atoms with E-state index in [1.165, 1.54) is 11.3 Å². The Labute approximate surface area is 126 Å². The van der Waals surface area contributed by atoms with Gasteiger partial charge in [-0.15, -0.1) is 11.3 Å². The van der Waals surface area contributed by atoms with Gasteiger partial charge in [-0.1, -0.05) is 23.2 Å². The molecule has 19 heavy (non-hydrogen) atoms. The minimum absolute atomic E-state index is 0.000431. The molecule has 1 N–H and O–H groups in total. The van der Waals surface area contributed by atoms with Gasteiger partial charge in [0.2, 0.25) is 0 Å². The first kappa shape index (κ1) is 13.6. The molecule has 0 radical (unpaired) electrons. The normalized spacial score (nSPS) is 21.5. The van der Waals surface area contributed by atoms with Crippen molar-refractivity contribution in [1.82, 2.24) is 15.1 Å². The SMILES string of the molecule is O=C(c1cc(Cl)sc1Cl)N1CCN(C2CNC2)CC1. The summed E-state index contributed by atoms with van der Waals surface area (Å²) in [6, 6.07) is 2.32. The average molecular weight is 320 g/mol. The number of thiophene rings is 1. The first-order chi connectivity index (χ1) is 9.15. The molecule has 0 aromatic carbocycles. The van der Waals surface area contributed by atoms with Gasteiger partial charge in [-0.3, -0.25) is 9.69 Å². The molecule has 1 amide bonds. The van der Waals surface area contributed by atoms with Crippen molar-refractivity contribution in [3.63, 3.8) is 0 Å². The van der Waals surface area contributed by atoms with Crippen LogP contribution < -0.4 is 5.32 Å². The second-order valence-electron chi connectivity index (χ2n) is 4.88. The Hall–Kier alpha value is -0.330. The number of hydrogen-bond donors (Lipinski definition) is 1. The summed E-state index contributed by atoms with van der Waals surface area (Å²) >= 11 is 13.2. The summed E-state index contributed by atoms with van der Waals surface area (Å²) < 4.78 is 1.05. The summed E-state index contributed by atoms with van der Waals surface area (Å²) in [5.41, 5.74) is 0.537. The fourth-order valence-electron chi connectivity index (χ4n) is 2.48. The van der Waals surface area contributed by atoms with E-state index in [9.17, 15) is 4.79 Å². The van der Waals surface area contributed by atoms with Crippen LogP contribution in [0.2, 0.25) is 8.67 Å². The third-order valence-electron chi connectivity index (χ3n) is 3.76. The lowest BCUT2D eigenvalue weighted by Crippen LogP contribution is -2.62. The van der Waals surface area contributed by atoms with Gasteiger partial charge in [-0.25, -0.2) is 0 Å². The third-order valence-corrected chi connectivity index (χ3v) is 5.25. The largest absolute Gasteiger partial charge is 0.336 e. The standard InChI is InChI=1S/C12H15Cl2N3OS/c13-10-5-9(11(14)19-10)12(18)17-3-1-16(2-4-17)8-6-15-7-8/h5,8,15H,1-4,6-7H2. The predicted molar refractivity (Wildman–Crippen MR) is 78.5 cm³/mol. The van der Waals surface area contributed by atoms with Crippen LogP contribution in [-0.2, 0) is 0 Å². The molecular formula is C12H15Cl2N3OS. The topological polar surface area (TPSA) is 35.6 Å². The summed E-state index contributed by atoms with van der Waals surface area (Å²) in [5.74, 6) is -0.000431. The Bertz CT molecular complexity index is 481. The van der Waals surface area contributed by atoms with Gasteiger partial charge >= 0.3 is 0 Å². The number of hydrogen-bond acceptors (Lipinski definition) is 4. The molecule has 2 fully saturated rings. The van der Waals surface area contributed by atoms with Crippen LogP contribution in [0.4, 0.5) is 0 Å². The Balaban J connectivity index is 1.61. The van der Waals surface area contributed by atoms with Crippen LogP contribution in [0.1, 0.15) is 10.4 Å². The Morgan fingerprint density at radius 2 is 1.95 bits per heavy atom. The quantitative estimate of drug-likeness (QED) is 0.902. The number of carbonyl (C=O) groups is 1. The summed E-state index contributed by atoms with van der Waals surface area (Å²) in [4.78, 5) is 16.7. The van der Waals surface area contributed by atoms with Crippen molar-refractivity contribution in [2.75, 3.05) is 39.3 Å². The van der Waals surface area contributed by atoms with E-state index >= 15 is 0 Å². The van der Waals surface area contributed by atoms with Crippen molar-refractivity contribution in [2.24, 2.45) is 0 Å². The minimum atomic E-state index is -0.000431. The third kappa shape index (κ3) is 2.76. The maximum Gasteiger partial charge on any atom is 0.256 e. The molecule has 104 valence electrons. The molecule has 4 nitrogen and oxygen atoms in total. The number of amides is 1. The second kappa shape index (κ2) is 5.58. The van der Waals surface area contributed by atoms with Gasteiger partial charge in [-0.2, -0.15) is 0 Å². The van der Waals surface area contributed by atoms with Crippen LogP contribution >= 0.6 is 34.5 Å². The highest BCUT2D eigenvalue weighted by molar-refractivity contribution is 7.20. The number of nitrogens with one attached hydrogen (secondary N) is 1. The van der Waals surface area contributed by atoms with Crippen LogP contribution in [0.15, 0.2) is 6.07 Å². The molecule has 0 bridgehead atoms. The number of carbonyl (C=O) groups excluding carboxylic acids is 1. The van der Waals surface area contributed by atoms with E-state index in [0.29, 0.717) is 20.3 Å². The fourth-order valence-corrected chi connectivity index (χ4v) is 3.93. The molecule has 0 atom stereocenters. The fraction of sp³-hybridized carbons (Fsp3) is 0.583. The molecule has 1 aromatic heterocycles. The molecule has 2 saturated heterocycles. The lowest BCUT2D eigenvalue weighted by molar-refractivity contribution is 0.0502. The van der Waals surface area contributed by atoms with Gasteiger partial charge < -0.3 is 10.2 Å². The summed E-state index contributed by atoms with van der Waals surface area (Å²) in [6.07, 6.45) is 0. The lowest BCUT2D eigenvalue weighted by Gasteiger charge is -2.43. The lowest BCUT2D eigenvalue weighted by atomic mass is 10.1. The highest BCUT2D eigenvalue weighted by atomic mass is 35.5. The number of piperazine rings is 1. The van der Waals surface area contributed by atoms with Crippen LogP contribution in [-0.4, -0.2) is 61.0 Å². The Kier molecular flexibility index (Phi) is 4.01. The van der Waals surface area contributed by atoms with E-state index in [-0.39, 0.29) is 5.91 Å². The van der Waals surface area contributed by atoms with E-state index < -0.39 is 0 Å². The number of halogens is 2. The second-order valence-corrected chi connectivity index (χ2v) is 7.16. The van der Waals surface area contributed by atoms with Gasteiger partial charge in [0.15, 0.2) is 0 Å². The minimum Gasteiger partial charge on any atom is -0.336 e. The zero-order valence-corrected chi connectivity index (χ0v) is 12.7. The van der Waals surface area contributed by atoms with Crippen molar-refractivity contribution >= 4 is 40.4 Å². The van der Waals surface area contributed by atoms with Crippen LogP contribution in [0, 0.1) is 0 Å². The van der Waals surface area contributed by atoms with E-state index in [2.05, 4.69) is 10.2 Å². The molecule has 1 aromatic rings. The van der Waals surface area contributed by atoms with Gasteiger partial charge in [0.1, 0.15) is 4.34 Å². The van der Waals surface area contributed by atoms with E-state index in [1.54, 1.807) is 6.07 Å². The van der Waals surface area contributed by atoms with Gasteiger partial charge in [0.05, 0.1) is 9.90 Å². The molecule has 3 heterocycles. The number of rotatable bonds is 2. The van der Waals surface area contributed by atoms with Crippen molar-refractivity contribution in [1.29, 1.82) is 0 Å². The molecule has 0 aliphatic carbocycles. The van der Waals surface area contributed by atoms with E-state index in [1.807, 2.05) is 4.90 Å². The first-order valence-electron chi connectivity index (χ1n) is 6.34. The van der Waals surface area contributed by atoms with Crippen LogP contribution in [0.5, 0.6) is 0 Å². The molecule has 2 aliphatic heterocycles. The molecule has 0 unspecified atom stereocenters. The number of nitrogens with zero attached hydrogens (tertiary/aromatic N) is 2. The van der Waals surface area contributed by atoms with E-state index in [0.717, 1.165) is 39.3 Å². The van der Waals surface area contributed by atoms with Crippen molar-refractivity contribution in [2.45, 2.75) is 6.04 Å². The monoisotopic (exact) mass is 319 g/mol. The van der Waals surface area contributed by atoms with E-state index in [4.69, 9.17) is 23.2 Å². The summed E-state index contributed by atoms with van der Waals surface area (Å²) in [7, 11) is 0. The average Bonchev–Trinajstić information content (AvgIpc) is 2.66.